The number of unbranched alkanes of at least 4 members (excludes halogenated alkanes) is 5. The molecule has 0 aromatic heterocycles. The Hall–Kier alpha value is -2.08. The van der Waals surface area contributed by atoms with Crippen molar-refractivity contribution in [2.45, 2.75) is 45.4 Å². The van der Waals surface area contributed by atoms with Gasteiger partial charge in [-0.25, -0.2) is 5.84 Å². The van der Waals surface area contributed by atoms with Crippen LogP contribution in [0.5, 0.6) is 5.75 Å². The second-order valence-corrected chi connectivity index (χ2v) is 5.04. The summed E-state index contributed by atoms with van der Waals surface area (Å²) in [5.74, 6) is 3.75. The molecular weight excluding hydrogens is 282 g/mol. The molecule has 0 heterocycles. The predicted octanol–water partition coefficient (Wildman–Crippen LogP) is 2.35. The number of carbonyl (C=O) groups is 2. The second kappa shape index (κ2) is 10.6. The molecule has 0 saturated carbocycles. The molecule has 2 amide bonds. The molecule has 22 heavy (non-hydrogen) atoms. The Morgan fingerprint density at radius 3 is 2.45 bits per heavy atom. The third-order valence-corrected chi connectivity index (χ3v) is 3.23. The number of amides is 2. The van der Waals surface area contributed by atoms with E-state index in [1.165, 1.54) is 25.7 Å². The zero-order valence-electron chi connectivity index (χ0n) is 13.1. The maximum absolute atomic E-state index is 11.5. The molecule has 0 saturated heterocycles. The number of nitrogens with two attached hydrogens (primary N) is 1. The number of para-hydroxylation sites is 2. The lowest BCUT2D eigenvalue weighted by Crippen LogP contribution is -2.39. The average Bonchev–Trinajstić information content (AvgIpc) is 2.54. The van der Waals surface area contributed by atoms with Gasteiger partial charge in [0.2, 0.25) is 0 Å². The van der Waals surface area contributed by atoms with E-state index in [9.17, 15) is 9.59 Å². The number of anilines is 1. The summed E-state index contributed by atoms with van der Waals surface area (Å²) < 4.78 is 5.68. The molecular formula is C16H25N3O3. The van der Waals surface area contributed by atoms with E-state index in [-0.39, 0.29) is 0 Å². The normalized spacial score (nSPS) is 10.1. The molecule has 1 rings (SSSR count). The number of hydrazine groups is 1. The number of hydrogen-bond acceptors (Lipinski definition) is 4. The van der Waals surface area contributed by atoms with Gasteiger partial charge in [-0.05, 0) is 18.6 Å². The molecule has 0 bridgehead atoms. The summed E-state index contributed by atoms with van der Waals surface area (Å²) in [6.45, 7) is 2.78. The van der Waals surface area contributed by atoms with Crippen LogP contribution in [0.15, 0.2) is 24.3 Å². The van der Waals surface area contributed by atoms with Crippen molar-refractivity contribution >= 4 is 17.5 Å². The highest BCUT2D eigenvalue weighted by Gasteiger charge is 2.14. The van der Waals surface area contributed by atoms with Gasteiger partial charge in [-0.3, -0.25) is 15.0 Å². The van der Waals surface area contributed by atoms with Crippen LogP contribution in [0, 0.1) is 0 Å². The van der Waals surface area contributed by atoms with Crippen LogP contribution in [0.25, 0.3) is 0 Å². The molecule has 6 nitrogen and oxygen atoms in total. The van der Waals surface area contributed by atoms with Crippen LogP contribution in [0.1, 0.15) is 45.4 Å². The van der Waals surface area contributed by atoms with Crippen LogP contribution >= 0.6 is 0 Å². The fourth-order valence-corrected chi connectivity index (χ4v) is 2.00. The van der Waals surface area contributed by atoms with Crippen molar-refractivity contribution in [2.24, 2.45) is 5.84 Å². The van der Waals surface area contributed by atoms with E-state index in [1.54, 1.807) is 23.6 Å². The van der Waals surface area contributed by atoms with Gasteiger partial charge in [-0.2, -0.15) is 0 Å². The van der Waals surface area contributed by atoms with E-state index in [0.29, 0.717) is 18.0 Å². The molecule has 0 radical (unpaired) electrons. The topological polar surface area (TPSA) is 93.4 Å². The molecule has 0 spiro atoms. The molecule has 0 aliphatic carbocycles. The number of benzene rings is 1. The van der Waals surface area contributed by atoms with Crippen molar-refractivity contribution in [3.8, 4) is 5.75 Å². The van der Waals surface area contributed by atoms with Gasteiger partial charge in [-0.15, -0.1) is 0 Å². The lowest BCUT2D eigenvalue weighted by molar-refractivity contribution is -0.136. The first-order valence-corrected chi connectivity index (χ1v) is 7.72. The van der Waals surface area contributed by atoms with Gasteiger partial charge in [0.05, 0.1) is 12.3 Å². The van der Waals surface area contributed by atoms with Crippen LogP contribution < -0.4 is 21.3 Å². The molecule has 0 aliphatic heterocycles. The fraction of sp³-hybridized carbons (Fsp3) is 0.500. The first-order chi connectivity index (χ1) is 10.7. The fourth-order valence-electron chi connectivity index (χ4n) is 2.00. The number of nitrogens with one attached hydrogen (secondary N) is 2. The molecule has 1 aromatic carbocycles. The van der Waals surface area contributed by atoms with Gasteiger partial charge < -0.3 is 10.1 Å². The number of hydrogen-bond donors (Lipinski definition) is 3. The minimum atomic E-state index is -0.897. The highest BCUT2D eigenvalue weighted by Crippen LogP contribution is 2.24. The summed E-state index contributed by atoms with van der Waals surface area (Å²) in [4.78, 5) is 22.6. The maximum Gasteiger partial charge on any atom is 0.323 e. The minimum absolute atomic E-state index is 0.460. The van der Waals surface area contributed by atoms with E-state index in [1.807, 2.05) is 6.07 Å². The summed E-state index contributed by atoms with van der Waals surface area (Å²) >= 11 is 0. The van der Waals surface area contributed by atoms with Gasteiger partial charge in [0, 0.05) is 0 Å². The molecule has 0 unspecified atom stereocenters. The van der Waals surface area contributed by atoms with E-state index < -0.39 is 11.8 Å². The second-order valence-electron chi connectivity index (χ2n) is 5.04. The van der Waals surface area contributed by atoms with Gasteiger partial charge in [-0.1, -0.05) is 51.2 Å². The summed E-state index contributed by atoms with van der Waals surface area (Å²) in [6, 6.07) is 7.01. The predicted molar refractivity (Wildman–Crippen MR) is 86.3 cm³/mol. The van der Waals surface area contributed by atoms with E-state index in [2.05, 4.69) is 12.2 Å². The summed E-state index contributed by atoms with van der Waals surface area (Å²) in [5, 5.41) is 2.47. The Kier molecular flexibility index (Phi) is 8.67. The maximum atomic E-state index is 11.5. The van der Waals surface area contributed by atoms with Crippen LogP contribution in [-0.2, 0) is 9.59 Å². The molecule has 0 aliphatic rings. The molecule has 0 fully saturated rings. The highest BCUT2D eigenvalue weighted by atomic mass is 16.5. The zero-order chi connectivity index (χ0) is 16.2. The SMILES string of the molecule is CCCCCCCCOc1ccccc1NC(=O)C(=O)NN. The third-order valence-electron chi connectivity index (χ3n) is 3.23. The Morgan fingerprint density at radius 2 is 1.73 bits per heavy atom. The van der Waals surface area contributed by atoms with Crippen molar-refractivity contribution < 1.29 is 14.3 Å². The summed E-state index contributed by atoms with van der Waals surface area (Å²) in [7, 11) is 0. The van der Waals surface area contributed by atoms with Crippen molar-refractivity contribution in [3.05, 3.63) is 24.3 Å². The Labute approximate surface area is 131 Å². The van der Waals surface area contributed by atoms with E-state index in [4.69, 9.17) is 10.6 Å². The van der Waals surface area contributed by atoms with E-state index in [0.717, 1.165) is 12.8 Å². The van der Waals surface area contributed by atoms with Gasteiger partial charge in [0.15, 0.2) is 0 Å². The quantitative estimate of drug-likeness (QED) is 0.215. The Morgan fingerprint density at radius 1 is 1.05 bits per heavy atom. The van der Waals surface area contributed by atoms with Crippen LogP contribution in [0.2, 0.25) is 0 Å². The van der Waals surface area contributed by atoms with Crippen molar-refractivity contribution in [1.82, 2.24) is 5.43 Å². The molecule has 0 atom stereocenters. The van der Waals surface area contributed by atoms with Crippen LogP contribution in [0.4, 0.5) is 5.69 Å². The van der Waals surface area contributed by atoms with Gasteiger partial charge in [0.25, 0.3) is 0 Å². The Balaban J connectivity index is 2.40. The number of ether oxygens (including phenoxy) is 1. The zero-order valence-corrected chi connectivity index (χ0v) is 13.1. The van der Waals surface area contributed by atoms with E-state index >= 15 is 0 Å². The van der Waals surface area contributed by atoms with Crippen molar-refractivity contribution in [3.63, 3.8) is 0 Å². The summed E-state index contributed by atoms with van der Waals surface area (Å²) in [6.07, 6.45) is 7.09. The largest absolute Gasteiger partial charge is 0.491 e. The molecule has 122 valence electrons. The molecule has 6 heteroatoms. The molecule has 4 N–H and O–H groups in total. The lowest BCUT2D eigenvalue weighted by atomic mass is 10.1. The number of rotatable bonds is 9. The van der Waals surface area contributed by atoms with Gasteiger partial charge in [0.1, 0.15) is 5.75 Å². The lowest BCUT2D eigenvalue weighted by Gasteiger charge is -2.12. The van der Waals surface area contributed by atoms with Gasteiger partial charge >= 0.3 is 11.8 Å². The first-order valence-electron chi connectivity index (χ1n) is 7.72. The van der Waals surface area contributed by atoms with Crippen molar-refractivity contribution in [2.75, 3.05) is 11.9 Å². The third kappa shape index (κ3) is 6.58. The van der Waals surface area contributed by atoms with Crippen molar-refractivity contribution in [1.29, 1.82) is 0 Å². The first kappa shape index (κ1) is 18.0. The Bertz CT molecular complexity index is 477. The smallest absolute Gasteiger partial charge is 0.323 e. The standard InChI is InChI=1S/C16H25N3O3/c1-2-3-4-5-6-9-12-22-14-11-8-7-10-13(14)18-15(20)16(21)19-17/h7-8,10-11H,2-6,9,12,17H2,1H3,(H,18,20)(H,19,21). The average molecular weight is 307 g/mol. The molecule has 1 aromatic rings. The summed E-state index contributed by atoms with van der Waals surface area (Å²) in [5.41, 5.74) is 2.25. The van der Waals surface area contributed by atoms with Crippen LogP contribution in [0.3, 0.4) is 0 Å². The minimum Gasteiger partial charge on any atom is -0.491 e. The monoisotopic (exact) mass is 307 g/mol. The highest BCUT2D eigenvalue weighted by molar-refractivity contribution is 6.39. The van der Waals surface area contributed by atoms with Crippen LogP contribution in [-0.4, -0.2) is 18.4 Å². The number of carbonyl (C=O) groups excluding carboxylic acids is 2.